The van der Waals surface area contributed by atoms with Crippen LogP contribution < -0.4 is 4.74 Å². The predicted molar refractivity (Wildman–Crippen MR) is 99.8 cm³/mol. The SMILES string of the molecule is COc1cc(CN(C)Cc2ncc(-c3cccs3)o2)ccc1SC. The van der Waals surface area contributed by atoms with E-state index in [-0.39, 0.29) is 0 Å². The molecular weight excluding hydrogens is 340 g/mol. The third kappa shape index (κ3) is 4.01. The van der Waals surface area contributed by atoms with E-state index in [9.17, 15) is 0 Å². The van der Waals surface area contributed by atoms with E-state index in [1.165, 1.54) is 5.56 Å². The molecule has 4 nitrogen and oxygen atoms in total. The largest absolute Gasteiger partial charge is 0.496 e. The number of thiophene rings is 1. The van der Waals surface area contributed by atoms with Crippen LogP contribution in [0.5, 0.6) is 5.75 Å². The summed E-state index contributed by atoms with van der Waals surface area (Å²) in [7, 11) is 3.77. The molecule has 0 fully saturated rings. The van der Waals surface area contributed by atoms with Gasteiger partial charge in [0.2, 0.25) is 5.89 Å². The molecule has 0 unspecified atom stereocenters. The molecular formula is C18H20N2O2S2. The van der Waals surface area contributed by atoms with E-state index in [4.69, 9.17) is 9.15 Å². The van der Waals surface area contributed by atoms with Gasteiger partial charge in [-0.05, 0) is 42.4 Å². The summed E-state index contributed by atoms with van der Waals surface area (Å²) in [4.78, 5) is 8.82. The predicted octanol–water partition coefficient (Wildman–Crippen LogP) is 4.77. The van der Waals surface area contributed by atoms with Crippen molar-refractivity contribution in [3.63, 3.8) is 0 Å². The summed E-state index contributed by atoms with van der Waals surface area (Å²) in [6, 6.07) is 10.4. The Balaban J connectivity index is 1.64. The first-order valence-corrected chi connectivity index (χ1v) is 9.68. The van der Waals surface area contributed by atoms with Gasteiger partial charge in [0.05, 0.1) is 24.7 Å². The highest BCUT2D eigenvalue weighted by Crippen LogP contribution is 2.29. The summed E-state index contributed by atoms with van der Waals surface area (Å²) in [6.45, 7) is 1.47. The topological polar surface area (TPSA) is 38.5 Å². The van der Waals surface area contributed by atoms with Gasteiger partial charge in [0.25, 0.3) is 0 Å². The van der Waals surface area contributed by atoms with Crippen LogP contribution in [0.3, 0.4) is 0 Å². The molecule has 0 aliphatic heterocycles. The number of hydrogen-bond acceptors (Lipinski definition) is 6. The Bertz CT molecular complexity index is 784. The van der Waals surface area contributed by atoms with Crippen molar-refractivity contribution in [3.05, 3.63) is 53.4 Å². The van der Waals surface area contributed by atoms with Crippen molar-refractivity contribution in [2.45, 2.75) is 18.0 Å². The summed E-state index contributed by atoms with van der Waals surface area (Å²) in [5.74, 6) is 2.48. The lowest BCUT2D eigenvalue weighted by Gasteiger charge is -2.16. The van der Waals surface area contributed by atoms with Crippen LogP contribution in [-0.4, -0.2) is 30.3 Å². The molecule has 3 rings (SSSR count). The number of methoxy groups -OCH3 is 1. The number of benzene rings is 1. The lowest BCUT2D eigenvalue weighted by molar-refractivity contribution is 0.282. The van der Waals surface area contributed by atoms with E-state index < -0.39 is 0 Å². The van der Waals surface area contributed by atoms with Crippen LogP contribution in [0.25, 0.3) is 10.6 Å². The molecule has 126 valence electrons. The van der Waals surface area contributed by atoms with Gasteiger partial charge in [0.15, 0.2) is 5.76 Å². The molecule has 0 saturated heterocycles. The fraction of sp³-hybridized carbons (Fsp3) is 0.278. The molecule has 3 aromatic rings. The zero-order valence-corrected chi connectivity index (χ0v) is 15.6. The normalized spacial score (nSPS) is 11.2. The number of nitrogens with zero attached hydrogens (tertiary/aromatic N) is 2. The summed E-state index contributed by atoms with van der Waals surface area (Å²) >= 11 is 3.34. The zero-order valence-electron chi connectivity index (χ0n) is 14.0. The van der Waals surface area contributed by atoms with Gasteiger partial charge in [-0.15, -0.1) is 23.1 Å². The first-order valence-electron chi connectivity index (χ1n) is 7.57. The van der Waals surface area contributed by atoms with Gasteiger partial charge in [-0.1, -0.05) is 12.1 Å². The Kier molecular flexibility index (Phi) is 5.60. The van der Waals surface area contributed by atoms with Gasteiger partial charge in [-0.3, -0.25) is 4.90 Å². The molecule has 0 saturated carbocycles. The molecule has 0 aliphatic carbocycles. The quantitative estimate of drug-likeness (QED) is 0.568. The van der Waals surface area contributed by atoms with Gasteiger partial charge in [-0.25, -0.2) is 4.98 Å². The lowest BCUT2D eigenvalue weighted by Crippen LogP contribution is -2.17. The smallest absolute Gasteiger partial charge is 0.209 e. The van der Waals surface area contributed by atoms with Crippen molar-refractivity contribution in [2.75, 3.05) is 20.4 Å². The van der Waals surface area contributed by atoms with Crippen molar-refractivity contribution >= 4 is 23.1 Å². The van der Waals surface area contributed by atoms with E-state index in [2.05, 4.69) is 41.4 Å². The maximum absolute atomic E-state index is 5.85. The second-order valence-corrected chi connectivity index (χ2v) is 7.25. The highest BCUT2D eigenvalue weighted by atomic mass is 32.2. The van der Waals surface area contributed by atoms with Gasteiger partial charge < -0.3 is 9.15 Å². The van der Waals surface area contributed by atoms with E-state index in [0.29, 0.717) is 6.54 Å². The van der Waals surface area contributed by atoms with E-state index in [0.717, 1.165) is 33.7 Å². The zero-order chi connectivity index (χ0) is 16.9. The minimum Gasteiger partial charge on any atom is -0.496 e. The molecule has 0 aliphatic rings. The van der Waals surface area contributed by atoms with E-state index in [1.54, 1.807) is 36.4 Å². The molecule has 0 amide bonds. The molecule has 0 radical (unpaired) electrons. The second kappa shape index (κ2) is 7.88. The molecule has 2 aromatic heterocycles. The number of oxazole rings is 1. The Hall–Kier alpha value is -1.76. The minimum atomic E-state index is 0.665. The van der Waals surface area contributed by atoms with Crippen molar-refractivity contribution < 1.29 is 9.15 Å². The summed E-state index contributed by atoms with van der Waals surface area (Å²) in [5.41, 5.74) is 1.21. The van der Waals surface area contributed by atoms with Crippen LogP contribution in [0, 0.1) is 0 Å². The van der Waals surface area contributed by atoms with Crippen molar-refractivity contribution in [1.82, 2.24) is 9.88 Å². The van der Waals surface area contributed by atoms with Gasteiger partial charge in [0.1, 0.15) is 5.75 Å². The number of thioether (sulfide) groups is 1. The van der Waals surface area contributed by atoms with Gasteiger partial charge in [-0.2, -0.15) is 0 Å². The molecule has 24 heavy (non-hydrogen) atoms. The molecule has 0 spiro atoms. The standard InChI is InChI=1S/C18H20N2O2S2/c1-20(11-13-6-7-16(23-3)14(9-13)21-2)12-18-19-10-15(22-18)17-5-4-8-24-17/h4-10H,11-12H2,1-3H3. The molecule has 2 heterocycles. The average molecular weight is 361 g/mol. The summed E-state index contributed by atoms with van der Waals surface area (Å²) in [5, 5.41) is 2.04. The fourth-order valence-corrected chi connectivity index (χ4v) is 3.71. The van der Waals surface area contributed by atoms with Gasteiger partial charge >= 0.3 is 0 Å². The Morgan fingerprint density at radius 3 is 2.88 bits per heavy atom. The Morgan fingerprint density at radius 1 is 1.29 bits per heavy atom. The maximum Gasteiger partial charge on any atom is 0.209 e. The Labute approximate surface area is 150 Å². The number of rotatable bonds is 7. The highest BCUT2D eigenvalue weighted by molar-refractivity contribution is 7.98. The third-order valence-corrected chi connectivity index (χ3v) is 5.28. The summed E-state index contributed by atoms with van der Waals surface area (Å²) < 4.78 is 11.3. The molecule has 0 atom stereocenters. The van der Waals surface area contributed by atoms with Gasteiger partial charge in [0, 0.05) is 11.4 Å². The summed E-state index contributed by atoms with van der Waals surface area (Å²) in [6.07, 6.45) is 3.85. The number of aromatic nitrogens is 1. The molecule has 0 bridgehead atoms. The van der Waals surface area contributed by atoms with Crippen LogP contribution in [0.4, 0.5) is 0 Å². The third-order valence-electron chi connectivity index (χ3n) is 3.62. The van der Waals surface area contributed by atoms with E-state index in [1.807, 2.05) is 17.5 Å². The maximum atomic E-state index is 5.85. The first-order chi connectivity index (χ1) is 11.7. The fourth-order valence-electron chi connectivity index (χ4n) is 2.49. The van der Waals surface area contributed by atoms with Crippen molar-refractivity contribution in [3.8, 4) is 16.4 Å². The molecule has 0 N–H and O–H groups in total. The molecule has 6 heteroatoms. The van der Waals surface area contributed by atoms with Crippen LogP contribution in [0.2, 0.25) is 0 Å². The van der Waals surface area contributed by atoms with Crippen LogP contribution in [0.1, 0.15) is 11.5 Å². The van der Waals surface area contributed by atoms with Crippen LogP contribution in [-0.2, 0) is 13.1 Å². The lowest BCUT2D eigenvalue weighted by atomic mass is 10.2. The van der Waals surface area contributed by atoms with E-state index >= 15 is 0 Å². The average Bonchev–Trinajstić information content (AvgIpc) is 3.25. The highest BCUT2D eigenvalue weighted by Gasteiger charge is 2.11. The first kappa shape index (κ1) is 17.1. The molecule has 1 aromatic carbocycles. The monoisotopic (exact) mass is 360 g/mol. The van der Waals surface area contributed by atoms with Crippen molar-refractivity contribution in [2.24, 2.45) is 0 Å². The Morgan fingerprint density at radius 2 is 2.17 bits per heavy atom. The number of ether oxygens (including phenoxy) is 1. The minimum absolute atomic E-state index is 0.665. The second-order valence-electron chi connectivity index (χ2n) is 5.46. The van der Waals surface area contributed by atoms with Crippen LogP contribution in [0.15, 0.2) is 51.2 Å². The van der Waals surface area contributed by atoms with Crippen LogP contribution >= 0.6 is 23.1 Å². The number of hydrogen-bond donors (Lipinski definition) is 0. The van der Waals surface area contributed by atoms with Crippen molar-refractivity contribution in [1.29, 1.82) is 0 Å².